The van der Waals surface area contributed by atoms with Gasteiger partial charge in [-0.05, 0) is 12.8 Å². The van der Waals surface area contributed by atoms with Crippen LogP contribution in [-0.2, 0) is 9.59 Å². The van der Waals surface area contributed by atoms with Gasteiger partial charge in [-0.3, -0.25) is 9.59 Å². The van der Waals surface area contributed by atoms with Crippen LogP contribution in [0.5, 0.6) is 0 Å². The lowest BCUT2D eigenvalue weighted by molar-refractivity contribution is -0.135. The zero-order valence-corrected chi connectivity index (χ0v) is 19.9. The van der Waals surface area contributed by atoms with Gasteiger partial charge in [0.2, 0.25) is 0 Å². The number of hydrogen-bond acceptors (Lipinski definition) is 5. The van der Waals surface area contributed by atoms with Crippen molar-refractivity contribution in [3.05, 3.63) is 0 Å². The summed E-state index contributed by atoms with van der Waals surface area (Å²) in [6, 6.07) is 0. The third-order valence-electron chi connectivity index (χ3n) is 5.13. The normalized spacial score (nSPS) is 13.2. The summed E-state index contributed by atoms with van der Waals surface area (Å²) in [6.45, 7) is 5.50. The Morgan fingerprint density at radius 3 is 1.31 bits per heavy atom. The Bertz CT molecular complexity index is 399. The van der Waals surface area contributed by atoms with E-state index in [0.717, 1.165) is 38.5 Å². The predicted octanol–water partition coefficient (Wildman–Crippen LogP) is 3.99. The minimum absolute atomic E-state index is 0.464. The van der Waals surface area contributed by atoms with Crippen molar-refractivity contribution in [3.8, 4) is 0 Å². The van der Waals surface area contributed by atoms with Gasteiger partial charge < -0.3 is 20.0 Å². The lowest BCUT2D eigenvalue weighted by Crippen LogP contribution is -2.40. The van der Waals surface area contributed by atoms with Gasteiger partial charge in [0.15, 0.2) is 10.9 Å². The van der Waals surface area contributed by atoms with Gasteiger partial charge >= 0.3 is 0 Å². The average molecular weight is 433 g/mol. The van der Waals surface area contributed by atoms with Gasteiger partial charge in [0, 0.05) is 27.2 Å². The summed E-state index contributed by atoms with van der Waals surface area (Å²) >= 11 is 0.602. The first-order valence-corrected chi connectivity index (χ1v) is 12.3. The molecule has 2 amide bonds. The number of carbonyl (C=O) groups is 2. The Morgan fingerprint density at radius 1 is 0.655 bits per heavy atom. The first-order valence-electron chi connectivity index (χ1n) is 11.4. The molecule has 2 N–H and O–H groups in total. The molecule has 2 unspecified atom stereocenters. The Hall–Kier alpha value is -0.790. The molecule has 0 bridgehead atoms. The van der Waals surface area contributed by atoms with Crippen LogP contribution in [0.1, 0.15) is 90.9 Å². The monoisotopic (exact) mass is 432 g/mol. The number of nitrogens with zero attached hydrogens (tertiary/aromatic N) is 2. The fourth-order valence-corrected chi connectivity index (χ4v) is 3.93. The predicted molar refractivity (Wildman–Crippen MR) is 122 cm³/mol. The van der Waals surface area contributed by atoms with Crippen molar-refractivity contribution in [3.63, 3.8) is 0 Å². The van der Waals surface area contributed by atoms with Gasteiger partial charge in [0.25, 0.3) is 11.8 Å². The van der Waals surface area contributed by atoms with Crippen LogP contribution in [0.3, 0.4) is 0 Å². The van der Waals surface area contributed by atoms with E-state index in [0.29, 0.717) is 24.9 Å². The molecule has 0 aliphatic carbocycles. The number of unbranched alkanes of at least 4 members (excludes halogenated alkanes) is 10. The number of amides is 2. The summed E-state index contributed by atoms with van der Waals surface area (Å²) < 4.78 is 0. The average Bonchev–Trinajstić information content (AvgIpc) is 2.71. The molecule has 0 heterocycles. The molecular formula is C22H44N2O4S. The van der Waals surface area contributed by atoms with Crippen LogP contribution in [-0.4, -0.2) is 69.9 Å². The summed E-state index contributed by atoms with van der Waals surface area (Å²) in [5.41, 5.74) is -2.86. The van der Waals surface area contributed by atoms with Crippen molar-refractivity contribution >= 4 is 23.6 Å². The van der Waals surface area contributed by atoms with Crippen LogP contribution < -0.4 is 0 Å². The maximum Gasteiger partial charge on any atom is 0.261 e. The molecule has 0 fully saturated rings. The molecule has 0 spiro atoms. The number of aliphatic hydroxyl groups excluding tert-OH is 2. The zero-order chi connectivity index (χ0) is 22.1. The van der Waals surface area contributed by atoms with E-state index in [4.69, 9.17) is 0 Å². The molecule has 6 nitrogen and oxygen atoms in total. The number of rotatable bonds is 18. The van der Waals surface area contributed by atoms with Gasteiger partial charge in [-0.1, -0.05) is 89.8 Å². The Labute approximate surface area is 182 Å². The fraction of sp³-hybridized carbons (Fsp3) is 0.909. The van der Waals surface area contributed by atoms with E-state index < -0.39 is 22.7 Å². The molecule has 0 aromatic carbocycles. The molecule has 0 saturated heterocycles. The van der Waals surface area contributed by atoms with E-state index >= 15 is 0 Å². The van der Waals surface area contributed by atoms with Crippen molar-refractivity contribution < 1.29 is 19.8 Å². The van der Waals surface area contributed by atoms with Crippen LogP contribution in [0.4, 0.5) is 0 Å². The molecular weight excluding hydrogens is 388 g/mol. The van der Waals surface area contributed by atoms with E-state index in [1.54, 1.807) is 14.1 Å². The highest BCUT2D eigenvalue weighted by Gasteiger charge is 2.28. The Kier molecular flexibility index (Phi) is 17.5. The molecule has 0 aromatic rings. The number of thioether (sulfide) groups is 1. The third-order valence-corrected chi connectivity index (χ3v) is 6.05. The number of hydrogen-bond donors (Lipinski definition) is 2. The van der Waals surface area contributed by atoms with E-state index in [1.807, 2.05) is 0 Å². The third kappa shape index (κ3) is 13.9. The fourth-order valence-electron chi connectivity index (χ4n) is 3.09. The van der Waals surface area contributed by atoms with E-state index in [1.165, 1.54) is 48.3 Å². The molecule has 7 heteroatoms. The molecule has 172 valence electrons. The van der Waals surface area contributed by atoms with Gasteiger partial charge in [0.05, 0.1) is 0 Å². The lowest BCUT2D eigenvalue weighted by atomic mass is 10.1. The molecule has 0 rings (SSSR count). The SMILES string of the molecule is CCCCCCCCN(C)C(=O)C(O)SC(O)C(=O)N(C)CCCCCCCC. The Balaban J connectivity index is 4.10. The highest BCUT2D eigenvalue weighted by Crippen LogP contribution is 2.18. The largest absolute Gasteiger partial charge is 0.373 e. The lowest BCUT2D eigenvalue weighted by Gasteiger charge is -2.24. The minimum atomic E-state index is -1.43. The first kappa shape index (κ1) is 28.2. The first-order chi connectivity index (χ1) is 13.8. The zero-order valence-electron chi connectivity index (χ0n) is 19.1. The topological polar surface area (TPSA) is 81.1 Å². The molecule has 0 aliphatic heterocycles. The van der Waals surface area contributed by atoms with Crippen molar-refractivity contribution in [2.24, 2.45) is 0 Å². The van der Waals surface area contributed by atoms with Crippen molar-refractivity contribution in [2.45, 2.75) is 102 Å². The number of carbonyl (C=O) groups excluding carboxylic acids is 2. The number of likely N-dealkylation sites (N-methyl/N-ethyl adjacent to an activating group) is 2. The van der Waals surface area contributed by atoms with Crippen LogP contribution in [0.2, 0.25) is 0 Å². The maximum atomic E-state index is 12.3. The maximum absolute atomic E-state index is 12.3. The quantitative estimate of drug-likeness (QED) is 0.253. The second-order valence-electron chi connectivity index (χ2n) is 7.90. The van der Waals surface area contributed by atoms with Crippen molar-refractivity contribution in [1.82, 2.24) is 9.80 Å². The van der Waals surface area contributed by atoms with Crippen molar-refractivity contribution in [2.75, 3.05) is 27.2 Å². The van der Waals surface area contributed by atoms with Crippen molar-refractivity contribution in [1.29, 1.82) is 0 Å². The van der Waals surface area contributed by atoms with E-state index in [-0.39, 0.29) is 0 Å². The summed E-state index contributed by atoms with van der Waals surface area (Å²) in [6.07, 6.45) is 13.5. The second kappa shape index (κ2) is 18.0. The summed E-state index contributed by atoms with van der Waals surface area (Å²) in [4.78, 5) is 27.5. The van der Waals surface area contributed by atoms with Gasteiger partial charge in [-0.2, -0.15) is 0 Å². The highest BCUT2D eigenvalue weighted by atomic mass is 32.2. The molecule has 0 radical (unpaired) electrons. The van der Waals surface area contributed by atoms with Gasteiger partial charge in [0.1, 0.15) is 0 Å². The molecule has 0 aromatic heterocycles. The molecule has 29 heavy (non-hydrogen) atoms. The molecule has 0 aliphatic rings. The Morgan fingerprint density at radius 2 is 0.966 bits per heavy atom. The van der Waals surface area contributed by atoms with E-state index in [2.05, 4.69) is 13.8 Å². The van der Waals surface area contributed by atoms with Crippen LogP contribution in [0, 0.1) is 0 Å². The van der Waals surface area contributed by atoms with E-state index in [9.17, 15) is 19.8 Å². The standard InChI is InChI=1S/C22H44N2O4S/c1-5-7-9-11-13-15-17-23(3)19(25)21(27)29-22(28)20(26)24(4)18-16-14-12-10-8-6-2/h21-22,27-28H,5-18H2,1-4H3. The summed E-state index contributed by atoms with van der Waals surface area (Å²) in [7, 11) is 3.30. The summed E-state index contributed by atoms with van der Waals surface area (Å²) in [5, 5.41) is 20.2. The molecule has 2 atom stereocenters. The van der Waals surface area contributed by atoms with Crippen LogP contribution >= 0.6 is 11.8 Å². The van der Waals surface area contributed by atoms with Gasteiger partial charge in [-0.15, -0.1) is 0 Å². The van der Waals surface area contributed by atoms with Crippen LogP contribution in [0.25, 0.3) is 0 Å². The second-order valence-corrected chi connectivity index (χ2v) is 9.06. The smallest absolute Gasteiger partial charge is 0.261 e. The number of aliphatic hydroxyl groups is 2. The summed E-state index contributed by atoms with van der Waals surface area (Å²) in [5.74, 6) is -0.928. The van der Waals surface area contributed by atoms with Gasteiger partial charge in [-0.25, -0.2) is 0 Å². The molecule has 0 saturated carbocycles. The highest BCUT2D eigenvalue weighted by molar-refractivity contribution is 8.01. The minimum Gasteiger partial charge on any atom is -0.373 e. The van der Waals surface area contributed by atoms with Crippen LogP contribution in [0.15, 0.2) is 0 Å².